The molecule has 2 aromatic heterocycles. The lowest BCUT2D eigenvalue weighted by atomic mass is 9.78. The number of phenolic OH excluding ortho intramolecular Hbond substituents is 1. The Morgan fingerprint density at radius 1 is 0.950 bits per heavy atom. The maximum absolute atomic E-state index is 11.7. The number of rotatable bonds is 6. The van der Waals surface area contributed by atoms with Gasteiger partial charge in [-0.05, 0) is 68.5 Å². The van der Waals surface area contributed by atoms with E-state index in [0.29, 0.717) is 54.6 Å². The maximum atomic E-state index is 11.7. The fourth-order valence-corrected chi connectivity index (χ4v) is 7.08. The molecular formula is C32H29N3O5. The maximum Gasteiger partial charge on any atom is 0.205 e. The van der Waals surface area contributed by atoms with E-state index in [1.54, 1.807) is 24.3 Å². The van der Waals surface area contributed by atoms with E-state index in [1.807, 2.05) is 43.5 Å². The molecule has 3 aromatic carbocycles. The number of aromatic nitrogens is 2. The number of aryl methyl sites for hydroxylation is 1. The highest BCUT2D eigenvalue weighted by molar-refractivity contribution is 5.95. The summed E-state index contributed by atoms with van der Waals surface area (Å²) in [4.78, 5) is 0. The van der Waals surface area contributed by atoms with Crippen molar-refractivity contribution in [3.05, 3.63) is 83.0 Å². The van der Waals surface area contributed by atoms with Crippen LogP contribution < -0.4 is 0 Å². The van der Waals surface area contributed by atoms with Gasteiger partial charge in [0.05, 0.1) is 34.0 Å². The first-order valence-corrected chi connectivity index (χ1v) is 13.5. The van der Waals surface area contributed by atoms with Gasteiger partial charge in [-0.2, -0.15) is 5.26 Å². The second kappa shape index (κ2) is 8.52. The van der Waals surface area contributed by atoms with Crippen LogP contribution in [-0.2, 0) is 28.9 Å². The van der Waals surface area contributed by atoms with Crippen molar-refractivity contribution in [3.63, 3.8) is 0 Å². The summed E-state index contributed by atoms with van der Waals surface area (Å²) in [6, 6.07) is 18.4. The fourth-order valence-electron chi connectivity index (χ4n) is 7.08. The molecule has 0 aliphatic carbocycles. The van der Waals surface area contributed by atoms with E-state index in [2.05, 4.69) is 10.6 Å². The summed E-state index contributed by atoms with van der Waals surface area (Å²) < 4.78 is 10.3. The van der Waals surface area contributed by atoms with Crippen LogP contribution in [0.5, 0.6) is 17.5 Å². The molecule has 0 radical (unpaired) electrons. The molecule has 0 saturated carbocycles. The van der Waals surface area contributed by atoms with Gasteiger partial charge >= 0.3 is 0 Å². The number of benzene rings is 3. The molecule has 2 aliphatic heterocycles. The molecular weight excluding hydrogens is 506 g/mol. The number of aromatic hydroxyl groups is 3. The molecule has 2 atom stereocenters. The first-order valence-electron chi connectivity index (χ1n) is 13.5. The molecule has 40 heavy (non-hydrogen) atoms. The number of aliphatic hydroxyl groups is 1. The van der Waals surface area contributed by atoms with Crippen molar-refractivity contribution in [2.45, 2.75) is 50.4 Å². The van der Waals surface area contributed by atoms with Crippen molar-refractivity contribution >= 4 is 21.7 Å². The first kappa shape index (κ1) is 24.6. The van der Waals surface area contributed by atoms with Gasteiger partial charge in [0, 0.05) is 41.0 Å². The number of ether oxygens (including phenoxy) is 1. The Morgan fingerprint density at radius 2 is 1.73 bits per heavy atom. The van der Waals surface area contributed by atoms with E-state index in [4.69, 9.17) is 4.74 Å². The predicted octanol–water partition coefficient (Wildman–Crippen LogP) is 5.43. The lowest BCUT2D eigenvalue weighted by Gasteiger charge is -2.26. The van der Waals surface area contributed by atoms with Crippen molar-refractivity contribution in [1.29, 1.82) is 5.26 Å². The first-order chi connectivity index (χ1) is 19.3. The Morgan fingerprint density at radius 3 is 2.50 bits per heavy atom. The van der Waals surface area contributed by atoms with E-state index < -0.39 is 11.2 Å². The second-order valence-corrected chi connectivity index (χ2v) is 11.1. The van der Waals surface area contributed by atoms with Gasteiger partial charge in [0.1, 0.15) is 11.4 Å². The molecule has 4 heterocycles. The minimum atomic E-state index is -0.788. The van der Waals surface area contributed by atoms with Crippen LogP contribution in [0, 0.1) is 11.3 Å². The van der Waals surface area contributed by atoms with Crippen LogP contribution >= 0.6 is 0 Å². The highest BCUT2D eigenvalue weighted by Gasteiger charge is 2.61. The monoisotopic (exact) mass is 535 g/mol. The van der Waals surface area contributed by atoms with E-state index in [1.165, 1.54) is 4.57 Å². The van der Waals surface area contributed by atoms with Crippen LogP contribution in [0.25, 0.3) is 27.4 Å². The van der Waals surface area contributed by atoms with Crippen LogP contribution in [0.15, 0.2) is 60.8 Å². The predicted molar refractivity (Wildman–Crippen MR) is 150 cm³/mol. The van der Waals surface area contributed by atoms with Crippen LogP contribution in [0.4, 0.5) is 0 Å². The van der Waals surface area contributed by atoms with E-state index >= 15 is 0 Å². The molecule has 8 nitrogen and oxygen atoms in total. The van der Waals surface area contributed by atoms with Gasteiger partial charge in [0.2, 0.25) is 11.8 Å². The van der Waals surface area contributed by atoms with Crippen molar-refractivity contribution < 1.29 is 25.2 Å². The van der Waals surface area contributed by atoms with Gasteiger partial charge < -0.3 is 29.7 Å². The van der Waals surface area contributed by atoms with Gasteiger partial charge in [-0.1, -0.05) is 24.3 Å². The molecule has 8 heteroatoms. The molecule has 1 saturated heterocycles. The number of aliphatic hydroxyl groups excluding tert-OH is 1. The number of fused-ring (bicyclic) bond motifs is 7. The Bertz CT molecular complexity index is 1880. The van der Waals surface area contributed by atoms with Crippen molar-refractivity contribution in [3.8, 4) is 29.3 Å². The third-order valence-corrected chi connectivity index (χ3v) is 8.88. The number of hydrogen-bond acceptors (Lipinski definition) is 6. The quantitative estimate of drug-likeness (QED) is 0.230. The van der Waals surface area contributed by atoms with Crippen molar-refractivity contribution in [2.75, 3.05) is 6.61 Å². The summed E-state index contributed by atoms with van der Waals surface area (Å²) in [6.07, 6.45) is 4.45. The molecule has 202 valence electrons. The molecule has 0 amide bonds. The Labute approximate surface area is 230 Å². The fraction of sp³-hybridized carbons (Fsp3) is 0.281. The summed E-state index contributed by atoms with van der Waals surface area (Å²) in [5.74, 6) is 0.0861. The third kappa shape index (κ3) is 3.25. The second-order valence-electron chi connectivity index (χ2n) is 11.1. The van der Waals surface area contributed by atoms with Gasteiger partial charge in [-0.25, -0.2) is 0 Å². The normalized spacial score (nSPS) is 21.3. The molecule has 4 N–H and O–H groups in total. The summed E-state index contributed by atoms with van der Waals surface area (Å²) in [7, 11) is 0. The number of nitrogens with zero attached hydrogens (tertiary/aromatic N) is 3. The lowest BCUT2D eigenvalue weighted by molar-refractivity contribution is -0.0850. The minimum Gasteiger partial charge on any atom is -0.508 e. The topological polar surface area (TPSA) is 124 Å². The summed E-state index contributed by atoms with van der Waals surface area (Å²) in [5.41, 5.74) is 2.74. The SMILES string of the molecule is C[C@@]12CC[C@@](CCn3cc(CCO)c4cc(O)ccc43)(O1)c1c2c(O)n(-c2ccc(C#N)c3ccccc23)c1O. The number of nitriles is 1. The zero-order valence-electron chi connectivity index (χ0n) is 22.1. The van der Waals surface area contributed by atoms with Crippen LogP contribution in [0.2, 0.25) is 0 Å². The van der Waals surface area contributed by atoms with Crippen LogP contribution in [-0.4, -0.2) is 36.2 Å². The van der Waals surface area contributed by atoms with E-state index in [0.717, 1.165) is 27.2 Å². The molecule has 5 aromatic rings. The van der Waals surface area contributed by atoms with E-state index in [-0.39, 0.29) is 24.1 Å². The smallest absolute Gasteiger partial charge is 0.205 e. The lowest BCUT2D eigenvalue weighted by Crippen LogP contribution is -2.24. The summed E-state index contributed by atoms with van der Waals surface area (Å²) in [6.45, 7) is 2.55. The Balaban J connectivity index is 1.33. The molecule has 2 aliphatic rings. The summed E-state index contributed by atoms with van der Waals surface area (Å²) in [5, 5.41) is 55.0. The minimum absolute atomic E-state index is 0.00816. The summed E-state index contributed by atoms with van der Waals surface area (Å²) >= 11 is 0. The van der Waals surface area contributed by atoms with Gasteiger partial charge in [0.25, 0.3) is 0 Å². The average molecular weight is 536 g/mol. The largest absolute Gasteiger partial charge is 0.508 e. The Kier molecular flexibility index (Phi) is 5.24. The van der Waals surface area contributed by atoms with Gasteiger partial charge in [-0.15, -0.1) is 0 Å². The molecule has 7 rings (SSSR count). The van der Waals surface area contributed by atoms with E-state index in [9.17, 15) is 25.7 Å². The molecule has 0 unspecified atom stereocenters. The Hall–Kier alpha value is -4.45. The van der Waals surface area contributed by atoms with Gasteiger partial charge in [0.15, 0.2) is 0 Å². The third-order valence-electron chi connectivity index (χ3n) is 8.88. The molecule has 1 fully saturated rings. The van der Waals surface area contributed by atoms with Crippen molar-refractivity contribution in [2.24, 2.45) is 0 Å². The molecule has 0 spiro atoms. The zero-order chi connectivity index (χ0) is 27.8. The number of phenols is 1. The highest BCUT2D eigenvalue weighted by atomic mass is 16.5. The van der Waals surface area contributed by atoms with Gasteiger partial charge in [-0.3, -0.25) is 4.57 Å². The zero-order valence-corrected chi connectivity index (χ0v) is 22.1. The molecule has 2 bridgehead atoms. The number of hydrogen-bond donors (Lipinski definition) is 4. The highest BCUT2D eigenvalue weighted by Crippen LogP contribution is 2.65. The van der Waals surface area contributed by atoms with Crippen LogP contribution in [0.3, 0.4) is 0 Å². The standard InChI is InChI=1S/C32H29N3O5/c1-31-11-12-32(40-31,13-14-34-18-20(10-15-36)24-16-21(37)7-9-25(24)34)28-27(31)29(38)35(30(28)39)26-8-6-19(17-33)22-4-2-3-5-23(22)26/h2-9,16,18,36-39H,10-15H2,1H3/t31-,32-/m0/s1. The van der Waals surface area contributed by atoms with Crippen molar-refractivity contribution in [1.82, 2.24) is 9.13 Å². The van der Waals surface area contributed by atoms with Crippen LogP contribution in [0.1, 0.15) is 48.4 Å². The average Bonchev–Trinajstić information content (AvgIpc) is 3.64.